The Hall–Kier alpha value is -2.31. The van der Waals surface area contributed by atoms with Crippen LogP contribution < -0.4 is 0 Å². The molecule has 1 aliphatic rings. The molecular weight excluding hydrogens is 558 g/mol. The third-order valence-corrected chi connectivity index (χ3v) is 7.51. The van der Waals surface area contributed by atoms with Gasteiger partial charge in [-0.2, -0.15) is 0 Å². The second kappa shape index (κ2) is 11.8. The van der Waals surface area contributed by atoms with Crippen LogP contribution in [0.2, 0.25) is 0 Å². The van der Waals surface area contributed by atoms with Crippen LogP contribution in [-0.4, -0.2) is 0 Å². The Bertz CT molecular complexity index is 1450. The summed E-state index contributed by atoms with van der Waals surface area (Å²) in [6.45, 7) is 2.22. The van der Waals surface area contributed by atoms with E-state index in [1.807, 2.05) is 60.7 Å². The van der Waals surface area contributed by atoms with E-state index in [2.05, 4.69) is 73.7 Å². The number of alkyl halides is 2. The summed E-state index contributed by atoms with van der Waals surface area (Å²) >= 11 is 12.7. The minimum absolute atomic E-state index is 0. The first kappa shape index (κ1) is 26.7. The molecule has 0 heterocycles. The fraction of sp³-hybridized carbons (Fsp3) is 0.121. The van der Waals surface area contributed by atoms with E-state index in [1.54, 1.807) is 0 Å². The zero-order chi connectivity index (χ0) is 24.3. The van der Waals surface area contributed by atoms with Crippen molar-refractivity contribution < 1.29 is 26.2 Å². The SMILES string of the molecule is CCC1=CC(c2cccc3c2[cH-]c2ccccc23)C=C1.ClC(Cl)(c1ccccc1)c1ccccc1.[Zr]. The molecule has 1 unspecified atom stereocenters. The summed E-state index contributed by atoms with van der Waals surface area (Å²) in [6, 6.07) is 37.0. The maximum atomic E-state index is 6.35. The van der Waals surface area contributed by atoms with Crippen LogP contribution in [0.5, 0.6) is 0 Å². The van der Waals surface area contributed by atoms with Gasteiger partial charge in [-0.05, 0) is 23.5 Å². The number of hydrogen-bond acceptors (Lipinski definition) is 0. The molecule has 0 amide bonds. The van der Waals surface area contributed by atoms with Crippen LogP contribution in [0.25, 0.3) is 21.5 Å². The van der Waals surface area contributed by atoms with Crippen LogP contribution in [0.4, 0.5) is 0 Å². The van der Waals surface area contributed by atoms with Crippen molar-refractivity contribution in [1.29, 1.82) is 0 Å². The van der Waals surface area contributed by atoms with Crippen molar-refractivity contribution >= 4 is 44.7 Å². The van der Waals surface area contributed by atoms with Crippen LogP contribution in [0.3, 0.4) is 0 Å². The van der Waals surface area contributed by atoms with Crippen LogP contribution in [-0.2, 0) is 30.5 Å². The van der Waals surface area contributed by atoms with Crippen LogP contribution >= 0.6 is 23.2 Å². The van der Waals surface area contributed by atoms with Crippen molar-refractivity contribution in [3.8, 4) is 0 Å². The summed E-state index contributed by atoms with van der Waals surface area (Å²) in [5.74, 6) is 0.436. The summed E-state index contributed by atoms with van der Waals surface area (Å²) < 4.78 is -0.970. The monoisotopic (exact) mass is 583 g/mol. The van der Waals surface area contributed by atoms with Gasteiger partial charge in [0.15, 0.2) is 4.33 Å². The van der Waals surface area contributed by atoms with Gasteiger partial charge in [-0.15, -0.1) is 33.7 Å². The molecule has 5 aromatic rings. The largest absolute Gasteiger partial charge is 0.168 e. The number of allylic oxidation sites excluding steroid dienone is 4. The van der Waals surface area contributed by atoms with Gasteiger partial charge >= 0.3 is 0 Å². The molecular formula is C33H27Cl2Zr-. The third kappa shape index (κ3) is 5.50. The minimum atomic E-state index is -0.970. The average molecular weight is 586 g/mol. The molecule has 1 atom stereocenters. The van der Waals surface area contributed by atoms with Gasteiger partial charge in [-0.25, -0.2) is 0 Å². The maximum absolute atomic E-state index is 6.35. The Balaban J connectivity index is 0.000000172. The Labute approximate surface area is 242 Å². The summed E-state index contributed by atoms with van der Waals surface area (Å²) in [5, 5.41) is 5.49. The molecule has 5 aromatic carbocycles. The topological polar surface area (TPSA) is 0 Å². The van der Waals surface area contributed by atoms with E-state index in [1.165, 1.54) is 32.7 Å². The van der Waals surface area contributed by atoms with Gasteiger partial charge in [0.05, 0.1) is 0 Å². The van der Waals surface area contributed by atoms with E-state index in [0.717, 1.165) is 17.5 Å². The van der Waals surface area contributed by atoms with Crippen molar-refractivity contribution in [1.82, 2.24) is 0 Å². The summed E-state index contributed by atoms with van der Waals surface area (Å²) in [5.41, 5.74) is 4.65. The number of hydrogen-bond donors (Lipinski definition) is 0. The first-order chi connectivity index (χ1) is 17.1. The molecule has 0 fully saturated rings. The molecule has 3 heteroatoms. The van der Waals surface area contributed by atoms with Crippen molar-refractivity contribution in [3.63, 3.8) is 0 Å². The van der Waals surface area contributed by atoms with E-state index < -0.39 is 4.33 Å². The molecule has 36 heavy (non-hydrogen) atoms. The second-order valence-electron chi connectivity index (χ2n) is 8.83. The van der Waals surface area contributed by atoms with Crippen LogP contribution in [0.15, 0.2) is 133 Å². The minimum Gasteiger partial charge on any atom is -0.126 e. The predicted octanol–water partition coefficient (Wildman–Crippen LogP) is 10.1. The number of rotatable bonds is 4. The predicted molar refractivity (Wildman–Crippen MR) is 153 cm³/mol. The summed E-state index contributed by atoms with van der Waals surface area (Å²) in [4.78, 5) is 0. The molecule has 1 aliphatic carbocycles. The van der Waals surface area contributed by atoms with Gasteiger partial charge in [-0.1, -0.05) is 157 Å². The fourth-order valence-corrected chi connectivity index (χ4v) is 5.26. The smallest absolute Gasteiger partial charge is 0.126 e. The second-order valence-corrected chi connectivity index (χ2v) is 10.2. The van der Waals surface area contributed by atoms with E-state index in [0.29, 0.717) is 5.92 Å². The zero-order valence-corrected chi connectivity index (χ0v) is 24.1. The molecule has 0 N–H and O–H groups in total. The Kier molecular flexibility index (Phi) is 8.79. The average Bonchev–Trinajstić information content (AvgIpc) is 3.55. The number of fused-ring (bicyclic) bond motifs is 3. The molecule has 0 aliphatic heterocycles. The zero-order valence-electron chi connectivity index (χ0n) is 20.2. The van der Waals surface area contributed by atoms with Crippen LogP contribution in [0.1, 0.15) is 36.0 Å². The molecule has 178 valence electrons. The standard InChI is InChI=1S/C20H17.C13H10Cl2.Zr/c1-2-14-10-11-16(12-14)18-8-5-9-19-17-7-4-3-6-15(17)13-20(18)19;14-13(15,11-7-3-1-4-8-11)12-9-5-2-6-10-12;/h3-13,16H,2H2,1H3;1-10H;/q-1;;. The van der Waals surface area contributed by atoms with E-state index in [-0.39, 0.29) is 26.2 Å². The Morgan fingerprint density at radius 2 is 1.31 bits per heavy atom. The van der Waals surface area contributed by atoms with Gasteiger partial charge in [0.2, 0.25) is 0 Å². The van der Waals surface area contributed by atoms with Gasteiger partial charge in [-0.3, -0.25) is 0 Å². The van der Waals surface area contributed by atoms with Crippen molar-refractivity contribution in [2.45, 2.75) is 23.6 Å². The fourth-order valence-electron chi connectivity index (χ4n) is 4.75. The first-order valence-corrected chi connectivity index (χ1v) is 12.8. The maximum Gasteiger partial charge on any atom is 0.168 e. The van der Waals surface area contributed by atoms with Crippen molar-refractivity contribution in [2.75, 3.05) is 0 Å². The van der Waals surface area contributed by atoms with Gasteiger partial charge in [0, 0.05) is 26.2 Å². The molecule has 0 nitrogen and oxygen atoms in total. The summed E-state index contributed by atoms with van der Waals surface area (Å²) in [6.07, 6.45) is 8.11. The summed E-state index contributed by atoms with van der Waals surface area (Å²) in [7, 11) is 0. The van der Waals surface area contributed by atoms with Gasteiger partial charge in [0.1, 0.15) is 0 Å². The number of benzene rings is 4. The van der Waals surface area contributed by atoms with E-state index >= 15 is 0 Å². The number of halogens is 2. The van der Waals surface area contributed by atoms with Gasteiger partial charge < -0.3 is 0 Å². The third-order valence-electron chi connectivity index (χ3n) is 6.64. The molecule has 0 aromatic heterocycles. The van der Waals surface area contributed by atoms with Gasteiger partial charge in [0.25, 0.3) is 0 Å². The molecule has 0 saturated heterocycles. The normalized spacial score (nSPS) is 14.8. The molecule has 0 saturated carbocycles. The molecule has 0 radical (unpaired) electrons. The van der Waals surface area contributed by atoms with E-state index in [4.69, 9.17) is 23.2 Å². The molecule has 0 bridgehead atoms. The Morgan fingerprint density at radius 3 is 1.92 bits per heavy atom. The molecule has 0 spiro atoms. The van der Waals surface area contributed by atoms with Crippen LogP contribution in [0, 0.1) is 0 Å². The van der Waals surface area contributed by atoms with Crippen molar-refractivity contribution in [3.05, 3.63) is 150 Å². The quantitative estimate of drug-likeness (QED) is 0.145. The van der Waals surface area contributed by atoms with Crippen molar-refractivity contribution in [2.24, 2.45) is 0 Å². The first-order valence-electron chi connectivity index (χ1n) is 12.0. The van der Waals surface area contributed by atoms with E-state index in [9.17, 15) is 0 Å². The molecule has 6 rings (SSSR count). The Morgan fingerprint density at radius 1 is 0.722 bits per heavy atom.